The van der Waals surface area contributed by atoms with Gasteiger partial charge in [0.15, 0.2) is 17.0 Å². The highest BCUT2D eigenvalue weighted by atomic mass is 16.4. The van der Waals surface area contributed by atoms with E-state index in [9.17, 15) is 9.59 Å². The van der Waals surface area contributed by atoms with Gasteiger partial charge < -0.3 is 9.52 Å². The van der Waals surface area contributed by atoms with Crippen LogP contribution < -0.4 is 5.43 Å². The van der Waals surface area contributed by atoms with Gasteiger partial charge in [0, 0.05) is 0 Å². The lowest BCUT2D eigenvalue weighted by Crippen LogP contribution is -2.17. The minimum absolute atomic E-state index is 0.0357. The van der Waals surface area contributed by atoms with Crippen LogP contribution in [-0.4, -0.2) is 16.1 Å². The highest BCUT2D eigenvalue weighted by molar-refractivity contribution is 5.89. The van der Waals surface area contributed by atoms with Gasteiger partial charge in [0.05, 0.1) is 0 Å². The Kier molecular flexibility index (Phi) is 2.13. The van der Waals surface area contributed by atoms with Gasteiger partial charge in [-0.2, -0.15) is 0 Å². The topological polar surface area (TPSA) is 80.4 Å². The molecule has 0 saturated heterocycles. The van der Waals surface area contributed by atoms with E-state index in [4.69, 9.17) is 9.52 Å². The Morgan fingerprint density at radius 2 is 1.94 bits per heavy atom. The summed E-state index contributed by atoms with van der Waals surface area (Å²) in [5.74, 6) is -0.986. The van der Waals surface area contributed by atoms with Gasteiger partial charge in [0.1, 0.15) is 11.1 Å². The molecule has 0 radical (unpaired) electrons. The molecule has 0 fully saturated rings. The van der Waals surface area contributed by atoms with Crippen LogP contribution in [0.4, 0.5) is 0 Å². The zero-order valence-electron chi connectivity index (χ0n) is 9.08. The van der Waals surface area contributed by atoms with Crippen LogP contribution in [0.2, 0.25) is 0 Å². The molecule has 2 aliphatic rings. The molecule has 1 aliphatic carbocycles. The molecule has 5 heteroatoms. The molecular formula is C13H7NO4. The molecular weight excluding hydrogens is 234 g/mol. The molecule has 1 aromatic carbocycles. The summed E-state index contributed by atoms with van der Waals surface area (Å²) in [5, 5.41) is 8.88. The molecule has 0 saturated carbocycles. The number of para-hydroxylation sites is 2. The number of aromatic carboxylic acids is 1. The first-order valence-corrected chi connectivity index (χ1v) is 5.23. The first-order valence-electron chi connectivity index (χ1n) is 5.23. The molecule has 1 aliphatic heterocycles. The molecule has 18 heavy (non-hydrogen) atoms. The zero-order valence-corrected chi connectivity index (χ0v) is 9.08. The Hall–Kier alpha value is -2.69. The number of hydrogen-bond acceptors (Lipinski definition) is 4. The van der Waals surface area contributed by atoms with Gasteiger partial charge in [0.25, 0.3) is 0 Å². The number of rotatable bonds is 1. The van der Waals surface area contributed by atoms with Crippen molar-refractivity contribution in [1.82, 2.24) is 4.98 Å². The van der Waals surface area contributed by atoms with Gasteiger partial charge in [-0.15, -0.1) is 0 Å². The fourth-order valence-electron chi connectivity index (χ4n) is 1.78. The summed E-state index contributed by atoms with van der Waals surface area (Å²) >= 11 is 0. The molecule has 0 unspecified atom stereocenters. The molecule has 0 amide bonds. The smallest absolute Gasteiger partial charge is 0.339 e. The monoisotopic (exact) mass is 241 g/mol. The second-order valence-corrected chi connectivity index (χ2v) is 3.78. The Balaban J connectivity index is 2.45. The van der Waals surface area contributed by atoms with Crippen LogP contribution in [0.1, 0.15) is 10.4 Å². The lowest BCUT2D eigenvalue weighted by molar-refractivity contribution is 0.0695. The van der Waals surface area contributed by atoms with E-state index in [2.05, 4.69) is 4.98 Å². The summed E-state index contributed by atoms with van der Waals surface area (Å²) < 4.78 is 5.51. The zero-order chi connectivity index (χ0) is 12.7. The molecule has 1 N–H and O–H groups in total. The van der Waals surface area contributed by atoms with Crippen molar-refractivity contribution in [3.05, 3.63) is 52.2 Å². The van der Waals surface area contributed by atoms with Gasteiger partial charge >= 0.3 is 5.97 Å². The van der Waals surface area contributed by atoms with Crippen LogP contribution >= 0.6 is 0 Å². The number of carboxylic acid groups (broad SMARTS) is 1. The maximum absolute atomic E-state index is 11.9. The van der Waals surface area contributed by atoms with Crippen molar-refractivity contribution in [3.63, 3.8) is 0 Å². The fourth-order valence-corrected chi connectivity index (χ4v) is 1.78. The van der Waals surface area contributed by atoms with Crippen molar-refractivity contribution in [2.24, 2.45) is 0 Å². The van der Waals surface area contributed by atoms with E-state index in [0.29, 0.717) is 11.1 Å². The van der Waals surface area contributed by atoms with E-state index >= 15 is 0 Å². The van der Waals surface area contributed by atoms with Crippen molar-refractivity contribution >= 4 is 17.1 Å². The number of carboxylic acids is 1. The average Bonchev–Trinajstić information content (AvgIpc) is 2.37. The Morgan fingerprint density at radius 3 is 2.72 bits per heavy atom. The quantitative estimate of drug-likeness (QED) is 0.659. The SMILES string of the molecule is O=C(O)c1ccc2oc3ccccc3nc-2c1=O. The molecule has 0 aromatic heterocycles. The van der Waals surface area contributed by atoms with Crippen molar-refractivity contribution < 1.29 is 14.3 Å². The molecule has 1 heterocycles. The second-order valence-electron chi connectivity index (χ2n) is 3.78. The van der Waals surface area contributed by atoms with E-state index in [1.165, 1.54) is 12.1 Å². The van der Waals surface area contributed by atoms with Crippen molar-refractivity contribution in [2.75, 3.05) is 0 Å². The summed E-state index contributed by atoms with van der Waals surface area (Å²) in [7, 11) is 0. The minimum atomic E-state index is -1.27. The van der Waals surface area contributed by atoms with Crippen LogP contribution in [0.3, 0.4) is 0 Å². The number of hydrogen-bond donors (Lipinski definition) is 1. The third-order valence-electron chi connectivity index (χ3n) is 2.64. The molecule has 0 bridgehead atoms. The molecule has 0 atom stereocenters. The van der Waals surface area contributed by atoms with Gasteiger partial charge in [-0.3, -0.25) is 4.79 Å². The van der Waals surface area contributed by atoms with E-state index in [-0.39, 0.29) is 17.0 Å². The summed E-state index contributed by atoms with van der Waals surface area (Å²) in [6.45, 7) is 0. The average molecular weight is 241 g/mol. The first-order chi connectivity index (χ1) is 8.66. The third-order valence-corrected chi connectivity index (χ3v) is 2.64. The predicted molar refractivity (Wildman–Crippen MR) is 63.9 cm³/mol. The van der Waals surface area contributed by atoms with Crippen molar-refractivity contribution in [2.45, 2.75) is 0 Å². The van der Waals surface area contributed by atoms with E-state index in [1.807, 2.05) is 0 Å². The number of fused-ring (bicyclic) bond motifs is 2. The van der Waals surface area contributed by atoms with Crippen LogP contribution in [0.15, 0.2) is 45.6 Å². The highest BCUT2D eigenvalue weighted by Gasteiger charge is 2.18. The summed E-state index contributed by atoms with van der Waals surface area (Å²) in [5.41, 5.74) is 0.167. The number of benzene rings is 2. The van der Waals surface area contributed by atoms with Crippen molar-refractivity contribution in [1.29, 1.82) is 0 Å². The first kappa shape index (κ1) is 10.5. The van der Waals surface area contributed by atoms with E-state index < -0.39 is 11.4 Å². The van der Waals surface area contributed by atoms with Gasteiger partial charge in [-0.1, -0.05) is 12.1 Å². The van der Waals surface area contributed by atoms with Crippen molar-refractivity contribution in [3.8, 4) is 11.5 Å². The maximum Gasteiger partial charge on any atom is 0.339 e. The second kappa shape index (κ2) is 3.66. The molecule has 1 aromatic rings. The predicted octanol–water partition coefficient (Wildman–Crippen LogP) is 1.99. The lowest BCUT2D eigenvalue weighted by Gasteiger charge is -2.05. The van der Waals surface area contributed by atoms with E-state index in [1.54, 1.807) is 24.3 Å². The molecule has 5 nitrogen and oxygen atoms in total. The van der Waals surface area contributed by atoms with Crippen LogP contribution in [0.25, 0.3) is 22.6 Å². The Morgan fingerprint density at radius 1 is 1.17 bits per heavy atom. The maximum atomic E-state index is 11.9. The molecule has 3 rings (SSSR count). The number of aromatic nitrogens is 1. The molecule has 0 spiro atoms. The Labute approximate surface area is 101 Å². The number of nitrogens with zero attached hydrogens (tertiary/aromatic N) is 1. The third kappa shape index (κ3) is 1.45. The normalized spacial score (nSPS) is 10.9. The Bertz CT molecular complexity index is 791. The standard InChI is InChI=1S/C13H7NO4/c15-12-7(13(16)17)5-6-10-11(12)14-8-3-1-2-4-9(8)18-10/h1-6H,(H,16,17). The molecule has 88 valence electrons. The van der Waals surface area contributed by atoms with Gasteiger partial charge in [-0.05, 0) is 24.3 Å². The minimum Gasteiger partial charge on any atom is -0.478 e. The fraction of sp³-hybridized carbons (Fsp3) is 0. The largest absolute Gasteiger partial charge is 0.478 e. The summed E-state index contributed by atoms with van der Waals surface area (Å²) in [6, 6.07) is 9.67. The highest BCUT2D eigenvalue weighted by Crippen LogP contribution is 2.22. The summed E-state index contributed by atoms with van der Waals surface area (Å²) in [4.78, 5) is 26.9. The number of carbonyl (C=O) groups is 1. The van der Waals surface area contributed by atoms with Crippen LogP contribution in [-0.2, 0) is 0 Å². The summed E-state index contributed by atoms with van der Waals surface area (Å²) in [6.07, 6.45) is 0. The lowest BCUT2D eigenvalue weighted by atomic mass is 10.1. The van der Waals surface area contributed by atoms with Crippen LogP contribution in [0, 0.1) is 0 Å². The van der Waals surface area contributed by atoms with Gasteiger partial charge in [0.2, 0.25) is 5.43 Å². The van der Waals surface area contributed by atoms with E-state index in [0.717, 1.165) is 0 Å². The van der Waals surface area contributed by atoms with Gasteiger partial charge in [-0.25, -0.2) is 9.78 Å². The van der Waals surface area contributed by atoms with Crippen LogP contribution in [0.5, 0.6) is 0 Å².